The minimum absolute atomic E-state index is 0.0650. The zero-order valence-corrected chi connectivity index (χ0v) is 23.2. The fourth-order valence-corrected chi connectivity index (χ4v) is 5.46. The SMILES string of the molecule is COc1cc(-c2cnn(C3CCN(C(=O)C4(F)CN(C(=O)/C=C/CN(C)C)C4)CC3)c2C)cn2ncc(C#N)c12. The fourth-order valence-electron chi connectivity index (χ4n) is 5.46. The molecule has 0 saturated carbocycles. The van der Waals surface area contributed by atoms with Crippen LogP contribution in [0, 0.1) is 18.3 Å². The molecule has 5 heterocycles. The van der Waals surface area contributed by atoms with Crippen LogP contribution in [0.25, 0.3) is 16.6 Å². The van der Waals surface area contributed by atoms with Gasteiger partial charge in [-0.05, 0) is 39.9 Å². The van der Waals surface area contributed by atoms with Gasteiger partial charge in [-0.1, -0.05) is 6.08 Å². The highest BCUT2D eigenvalue weighted by molar-refractivity contribution is 5.93. The first-order valence-electron chi connectivity index (χ1n) is 13.2. The Morgan fingerprint density at radius 1 is 1.23 bits per heavy atom. The molecule has 12 heteroatoms. The largest absolute Gasteiger partial charge is 0.494 e. The molecule has 2 fully saturated rings. The van der Waals surface area contributed by atoms with E-state index in [1.54, 1.807) is 28.8 Å². The lowest BCUT2D eigenvalue weighted by molar-refractivity contribution is -0.162. The first-order chi connectivity index (χ1) is 19.1. The number of fused-ring (bicyclic) bond motifs is 1. The first kappa shape index (κ1) is 27.3. The van der Waals surface area contributed by atoms with Crippen molar-refractivity contribution in [3.05, 3.63) is 48.1 Å². The Morgan fingerprint density at radius 3 is 2.60 bits per heavy atom. The molecule has 5 rings (SSSR count). The molecular weight excluding hydrogens is 515 g/mol. The number of hydrogen-bond acceptors (Lipinski definition) is 7. The number of ether oxygens (including phenoxy) is 1. The maximum absolute atomic E-state index is 15.3. The predicted molar refractivity (Wildman–Crippen MR) is 145 cm³/mol. The van der Waals surface area contributed by atoms with Gasteiger partial charge in [0.25, 0.3) is 5.91 Å². The van der Waals surface area contributed by atoms with Crippen molar-refractivity contribution in [2.45, 2.75) is 31.5 Å². The Morgan fingerprint density at radius 2 is 1.95 bits per heavy atom. The van der Waals surface area contributed by atoms with E-state index in [2.05, 4.69) is 16.3 Å². The second-order valence-corrected chi connectivity index (χ2v) is 10.7. The summed E-state index contributed by atoms with van der Waals surface area (Å²) in [6.45, 7) is 3.03. The van der Waals surface area contributed by atoms with E-state index in [1.807, 2.05) is 42.9 Å². The predicted octanol–water partition coefficient (Wildman–Crippen LogP) is 2.22. The van der Waals surface area contributed by atoms with Crippen molar-refractivity contribution in [3.63, 3.8) is 0 Å². The molecule has 0 aromatic carbocycles. The zero-order valence-electron chi connectivity index (χ0n) is 23.2. The number of pyridine rings is 1. The molecule has 2 amide bonds. The van der Waals surface area contributed by atoms with Crippen molar-refractivity contribution in [1.82, 2.24) is 34.1 Å². The molecule has 0 N–H and O–H groups in total. The molecule has 2 aliphatic rings. The highest BCUT2D eigenvalue weighted by Gasteiger charge is 2.53. The first-order valence-corrected chi connectivity index (χ1v) is 13.2. The minimum Gasteiger partial charge on any atom is -0.494 e. The Balaban J connectivity index is 1.22. The number of carbonyl (C=O) groups is 2. The Kier molecular flexibility index (Phi) is 7.33. The zero-order chi connectivity index (χ0) is 28.6. The molecule has 2 saturated heterocycles. The number of alkyl halides is 1. The van der Waals surface area contributed by atoms with Gasteiger partial charge in [0.1, 0.15) is 22.9 Å². The molecule has 0 unspecified atom stereocenters. The standard InChI is InChI=1S/C28H33FN8O3/c1-19-23(20-12-24(40-4)26-21(13-30)14-31-36(26)16-20)15-32-37(19)22-7-10-34(11-8-22)27(39)28(29)17-35(18-28)25(38)6-5-9-33(2)3/h5-6,12,14-16,22H,7-11,17-18H2,1-4H3/b6-5+. The summed E-state index contributed by atoms with van der Waals surface area (Å²) in [7, 11) is 5.35. The molecule has 0 bridgehead atoms. The van der Waals surface area contributed by atoms with Gasteiger partial charge in [0.05, 0.1) is 38.6 Å². The van der Waals surface area contributed by atoms with Gasteiger partial charge in [0.15, 0.2) is 0 Å². The third-order valence-corrected chi connectivity index (χ3v) is 7.68. The smallest absolute Gasteiger partial charge is 0.264 e. The quantitative estimate of drug-likeness (QED) is 0.416. The number of piperidine rings is 1. The van der Waals surface area contributed by atoms with E-state index in [1.165, 1.54) is 17.2 Å². The van der Waals surface area contributed by atoms with Gasteiger partial charge in [-0.15, -0.1) is 0 Å². The number of nitrogens with zero attached hydrogens (tertiary/aromatic N) is 8. The fraction of sp³-hybridized carbons (Fsp3) is 0.464. The summed E-state index contributed by atoms with van der Waals surface area (Å²) in [6.07, 6.45) is 9.61. The van der Waals surface area contributed by atoms with Crippen molar-refractivity contribution in [2.75, 3.05) is 53.9 Å². The minimum atomic E-state index is -2.03. The van der Waals surface area contributed by atoms with Gasteiger partial charge in [0.2, 0.25) is 11.6 Å². The molecule has 11 nitrogen and oxygen atoms in total. The summed E-state index contributed by atoms with van der Waals surface area (Å²) in [4.78, 5) is 30.1. The third-order valence-electron chi connectivity index (χ3n) is 7.68. The molecule has 0 radical (unpaired) electrons. The second kappa shape index (κ2) is 10.7. The number of aromatic nitrogens is 4. The molecule has 3 aromatic rings. The lowest BCUT2D eigenvalue weighted by atomic mass is 9.92. The van der Waals surface area contributed by atoms with Gasteiger partial charge >= 0.3 is 0 Å². The normalized spacial score (nSPS) is 17.4. The Hall–Kier alpha value is -4.24. The summed E-state index contributed by atoms with van der Waals surface area (Å²) in [5.41, 5.74) is 1.74. The summed E-state index contributed by atoms with van der Waals surface area (Å²) >= 11 is 0. The number of carbonyl (C=O) groups excluding carboxylic acids is 2. The number of likely N-dealkylation sites (tertiary alicyclic amines) is 2. The molecule has 0 atom stereocenters. The van der Waals surface area contributed by atoms with Crippen molar-refractivity contribution in [2.24, 2.45) is 0 Å². The van der Waals surface area contributed by atoms with E-state index in [0.29, 0.717) is 49.3 Å². The number of methoxy groups -OCH3 is 1. The monoisotopic (exact) mass is 548 g/mol. The van der Waals surface area contributed by atoms with Crippen LogP contribution < -0.4 is 4.74 Å². The Labute approximate surface area is 232 Å². The van der Waals surface area contributed by atoms with Gasteiger partial charge < -0.3 is 19.4 Å². The number of halogens is 1. The molecule has 0 spiro atoms. The second-order valence-electron chi connectivity index (χ2n) is 10.7. The van der Waals surface area contributed by atoms with Crippen LogP contribution in [0.1, 0.15) is 30.1 Å². The topological polar surface area (TPSA) is 112 Å². The van der Waals surface area contributed by atoms with Crippen molar-refractivity contribution in [1.29, 1.82) is 5.26 Å². The molecule has 40 heavy (non-hydrogen) atoms. The van der Waals surface area contributed by atoms with Crippen LogP contribution in [0.15, 0.2) is 36.8 Å². The molecular formula is C28H33FN8O3. The molecule has 0 aliphatic carbocycles. The van der Waals surface area contributed by atoms with Crippen LogP contribution in [0.5, 0.6) is 5.75 Å². The third kappa shape index (κ3) is 4.93. The van der Waals surface area contributed by atoms with Crippen LogP contribution in [0.2, 0.25) is 0 Å². The number of likely N-dealkylation sites (N-methyl/N-ethyl adjacent to an activating group) is 1. The highest BCUT2D eigenvalue weighted by Crippen LogP contribution is 2.35. The summed E-state index contributed by atoms with van der Waals surface area (Å²) in [6, 6.07) is 4.07. The van der Waals surface area contributed by atoms with Gasteiger partial charge in [0, 0.05) is 48.7 Å². The van der Waals surface area contributed by atoms with Gasteiger partial charge in [-0.25, -0.2) is 8.91 Å². The van der Waals surface area contributed by atoms with Crippen LogP contribution in [0.3, 0.4) is 0 Å². The average Bonchev–Trinajstić information content (AvgIpc) is 3.53. The highest BCUT2D eigenvalue weighted by atomic mass is 19.1. The van der Waals surface area contributed by atoms with E-state index in [9.17, 15) is 14.9 Å². The number of nitriles is 1. The van der Waals surface area contributed by atoms with Crippen molar-refractivity contribution in [3.8, 4) is 22.9 Å². The maximum atomic E-state index is 15.3. The van der Waals surface area contributed by atoms with E-state index in [-0.39, 0.29) is 25.0 Å². The summed E-state index contributed by atoms with van der Waals surface area (Å²) in [5, 5.41) is 18.3. The van der Waals surface area contributed by atoms with Crippen molar-refractivity contribution < 1.29 is 18.7 Å². The van der Waals surface area contributed by atoms with E-state index in [4.69, 9.17) is 4.74 Å². The molecule has 2 aliphatic heterocycles. The molecule has 210 valence electrons. The maximum Gasteiger partial charge on any atom is 0.264 e. The lowest BCUT2D eigenvalue weighted by Gasteiger charge is -2.45. The van der Waals surface area contributed by atoms with Crippen LogP contribution in [-0.4, -0.2) is 106 Å². The number of amides is 2. The van der Waals surface area contributed by atoms with Crippen LogP contribution in [0.4, 0.5) is 4.39 Å². The van der Waals surface area contributed by atoms with E-state index in [0.717, 1.165) is 16.8 Å². The lowest BCUT2D eigenvalue weighted by Crippen LogP contribution is -2.68. The van der Waals surface area contributed by atoms with E-state index >= 15 is 4.39 Å². The van der Waals surface area contributed by atoms with E-state index < -0.39 is 11.6 Å². The van der Waals surface area contributed by atoms with Crippen molar-refractivity contribution >= 4 is 17.3 Å². The van der Waals surface area contributed by atoms with Gasteiger partial charge in [-0.2, -0.15) is 15.5 Å². The van der Waals surface area contributed by atoms with Crippen LogP contribution in [-0.2, 0) is 9.59 Å². The molecule has 3 aromatic heterocycles. The summed E-state index contributed by atoms with van der Waals surface area (Å²) in [5.74, 6) is -0.269. The average molecular weight is 549 g/mol. The number of hydrogen-bond donors (Lipinski definition) is 0. The van der Waals surface area contributed by atoms with Crippen LogP contribution >= 0.6 is 0 Å². The Bertz CT molecular complexity index is 1500. The van der Waals surface area contributed by atoms with Gasteiger partial charge in [-0.3, -0.25) is 14.3 Å². The number of rotatable bonds is 7. The summed E-state index contributed by atoms with van der Waals surface area (Å²) < 4.78 is 24.5.